The van der Waals surface area contributed by atoms with Crippen LogP contribution >= 0.6 is 11.6 Å². The van der Waals surface area contributed by atoms with Gasteiger partial charge in [-0.2, -0.15) is 0 Å². The maximum absolute atomic E-state index is 11.8. The summed E-state index contributed by atoms with van der Waals surface area (Å²) >= 11 is 6.22. The second-order valence-corrected chi connectivity index (χ2v) is 4.84. The van der Waals surface area contributed by atoms with Crippen LogP contribution in [-0.4, -0.2) is 32.7 Å². The monoisotopic (exact) mass is 312 g/mol. The Balaban J connectivity index is 2.91. The number of hydrogen-bond donors (Lipinski definition) is 2. The van der Waals surface area contributed by atoms with E-state index >= 15 is 0 Å². The number of hydrogen-bond acceptors (Lipinski definition) is 4. The molecule has 1 rings (SSSR count). The second kappa shape index (κ2) is 8.54. The van der Waals surface area contributed by atoms with Gasteiger partial charge in [-0.1, -0.05) is 17.7 Å². The van der Waals surface area contributed by atoms with Crippen LogP contribution in [0.4, 0.5) is 0 Å². The Bertz CT molecular complexity index is 506. The molecule has 1 unspecified atom stereocenters. The van der Waals surface area contributed by atoms with E-state index in [9.17, 15) is 4.79 Å². The van der Waals surface area contributed by atoms with E-state index < -0.39 is 6.10 Å². The molecule has 0 aromatic heterocycles. The van der Waals surface area contributed by atoms with E-state index in [0.29, 0.717) is 29.6 Å². The zero-order valence-electron chi connectivity index (χ0n) is 12.5. The highest BCUT2D eigenvalue weighted by molar-refractivity contribution is 6.32. The molecule has 0 fully saturated rings. The molecule has 0 aliphatic heterocycles. The lowest BCUT2D eigenvalue weighted by atomic mass is 10.2. The third-order valence-electron chi connectivity index (χ3n) is 2.75. The molecule has 0 saturated carbocycles. The Kier molecular flexibility index (Phi) is 7.05. The van der Waals surface area contributed by atoms with Gasteiger partial charge in [-0.25, -0.2) is 0 Å². The molecule has 1 atom stereocenters. The van der Waals surface area contributed by atoms with Crippen LogP contribution in [0.5, 0.6) is 11.5 Å². The Morgan fingerprint density at radius 1 is 1.52 bits per heavy atom. The van der Waals surface area contributed by atoms with Gasteiger partial charge in [0.05, 0.1) is 12.1 Å². The van der Waals surface area contributed by atoms with Crippen LogP contribution in [0, 0.1) is 0 Å². The van der Waals surface area contributed by atoms with Crippen LogP contribution in [0.25, 0.3) is 0 Å². The van der Waals surface area contributed by atoms with Crippen LogP contribution in [0.1, 0.15) is 12.5 Å². The molecule has 5 nitrogen and oxygen atoms in total. The van der Waals surface area contributed by atoms with E-state index in [4.69, 9.17) is 21.1 Å². The summed E-state index contributed by atoms with van der Waals surface area (Å²) in [6, 6.07) is 3.61. The van der Waals surface area contributed by atoms with E-state index in [-0.39, 0.29) is 5.91 Å². The predicted octanol–water partition coefficient (Wildman–Crippen LogP) is 2.14. The van der Waals surface area contributed by atoms with Crippen molar-refractivity contribution in [3.05, 3.63) is 35.4 Å². The average molecular weight is 313 g/mol. The van der Waals surface area contributed by atoms with E-state index in [1.54, 1.807) is 19.1 Å². The van der Waals surface area contributed by atoms with Gasteiger partial charge < -0.3 is 20.1 Å². The van der Waals surface area contributed by atoms with Crippen LogP contribution in [0.3, 0.4) is 0 Å². The SMILES string of the molecule is C=CCNC(=O)C(C)Oc1c(Cl)cc(CNC)cc1OC. The molecular weight excluding hydrogens is 292 g/mol. The number of nitrogens with one attached hydrogen (secondary N) is 2. The van der Waals surface area contributed by atoms with Crippen molar-refractivity contribution in [1.29, 1.82) is 0 Å². The number of carbonyl (C=O) groups excluding carboxylic acids is 1. The van der Waals surface area contributed by atoms with Gasteiger partial charge in [0, 0.05) is 13.1 Å². The number of halogens is 1. The number of amides is 1. The fourth-order valence-corrected chi connectivity index (χ4v) is 2.02. The van der Waals surface area contributed by atoms with Crippen molar-refractivity contribution >= 4 is 17.5 Å². The molecule has 1 aromatic carbocycles. The van der Waals surface area contributed by atoms with Crippen molar-refractivity contribution in [3.63, 3.8) is 0 Å². The third kappa shape index (κ3) is 4.95. The van der Waals surface area contributed by atoms with Gasteiger partial charge in [-0.3, -0.25) is 4.79 Å². The Labute approximate surface area is 130 Å². The van der Waals surface area contributed by atoms with Gasteiger partial charge in [0.15, 0.2) is 17.6 Å². The predicted molar refractivity (Wildman–Crippen MR) is 84.1 cm³/mol. The lowest BCUT2D eigenvalue weighted by Gasteiger charge is -2.18. The van der Waals surface area contributed by atoms with Crippen LogP contribution in [0.15, 0.2) is 24.8 Å². The minimum Gasteiger partial charge on any atom is -0.493 e. The Hall–Kier alpha value is -1.72. The molecule has 0 bridgehead atoms. The molecular formula is C15H21ClN2O3. The maximum Gasteiger partial charge on any atom is 0.261 e. The first-order valence-corrected chi connectivity index (χ1v) is 6.97. The van der Waals surface area contributed by atoms with Crippen molar-refractivity contribution in [2.45, 2.75) is 19.6 Å². The van der Waals surface area contributed by atoms with Crippen LogP contribution < -0.4 is 20.1 Å². The molecule has 0 radical (unpaired) electrons. The lowest BCUT2D eigenvalue weighted by molar-refractivity contribution is -0.127. The number of methoxy groups -OCH3 is 1. The molecule has 2 N–H and O–H groups in total. The van der Waals surface area contributed by atoms with Gasteiger partial charge >= 0.3 is 0 Å². The largest absolute Gasteiger partial charge is 0.493 e. The summed E-state index contributed by atoms with van der Waals surface area (Å²) in [5, 5.41) is 6.11. The van der Waals surface area contributed by atoms with Gasteiger partial charge in [0.25, 0.3) is 5.91 Å². The van der Waals surface area contributed by atoms with Crippen molar-refractivity contribution in [1.82, 2.24) is 10.6 Å². The van der Waals surface area contributed by atoms with E-state index in [2.05, 4.69) is 17.2 Å². The fraction of sp³-hybridized carbons (Fsp3) is 0.400. The Morgan fingerprint density at radius 3 is 2.81 bits per heavy atom. The molecule has 6 heteroatoms. The summed E-state index contributed by atoms with van der Waals surface area (Å²) in [5.41, 5.74) is 0.968. The molecule has 0 aliphatic carbocycles. The fourth-order valence-electron chi connectivity index (χ4n) is 1.74. The number of benzene rings is 1. The first-order valence-electron chi connectivity index (χ1n) is 6.59. The number of ether oxygens (including phenoxy) is 2. The zero-order valence-corrected chi connectivity index (χ0v) is 13.3. The van der Waals surface area contributed by atoms with Crippen molar-refractivity contribution in [2.24, 2.45) is 0 Å². The highest BCUT2D eigenvalue weighted by Gasteiger charge is 2.19. The normalized spacial score (nSPS) is 11.6. The minimum atomic E-state index is -0.688. The van der Waals surface area contributed by atoms with Crippen LogP contribution in [0.2, 0.25) is 5.02 Å². The molecule has 1 aromatic rings. The van der Waals surface area contributed by atoms with Gasteiger partial charge in [0.1, 0.15) is 0 Å². The molecule has 21 heavy (non-hydrogen) atoms. The van der Waals surface area contributed by atoms with Crippen LogP contribution in [-0.2, 0) is 11.3 Å². The lowest BCUT2D eigenvalue weighted by Crippen LogP contribution is -2.36. The third-order valence-corrected chi connectivity index (χ3v) is 3.04. The van der Waals surface area contributed by atoms with Crippen molar-refractivity contribution in [2.75, 3.05) is 20.7 Å². The molecule has 0 aliphatic rings. The quantitative estimate of drug-likeness (QED) is 0.722. The molecule has 1 amide bonds. The molecule has 0 saturated heterocycles. The summed E-state index contributed by atoms with van der Waals surface area (Å²) in [7, 11) is 3.38. The van der Waals surface area contributed by atoms with E-state index in [0.717, 1.165) is 5.56 Å². The standard InChI is InChI=1S/C15H21ClN2O3/c1-5-6-18-15(19)10(2)21-14-12(16)7-11(9-17-3)8-13(14)20-4/h5,7-8,10,17H,1,6,9H2,2-4H3,(H,18,19). The van der Waals surface area contributed by atoms with E-state index in [1.165, 1.54) is 7.11 Å². The Morgan fingerprint density at radius 2 is 2.24 bits per heavy atom. The van der Waals surface area contributed by atoms with Crippen molar-refractivity contribution < 1.29 is 14.3 Å². The molecule has 116 valence electrons. The second-order valence-electron chi connectivity index (χ2n) is 4.43. The minimum absolute atomic E-state index is 0.243. The molecule has 0 spiro atoms. The van der Waals surface area contributed by atoms with E-state index in [1.807, 2.05) is 13.1 Å². The summed E-state index contributed by atoms with van der Waals surface area (Å²) in [6.45, 7) is 6.24. The summed E-state index contributed by atoms with van der Waals surface area (Å²) in [6.07, 6.45) is 0.913. The van der Waals surface area contributed by atoms with Gasteiger partial charge in [-0.15, -0.1) is 6.58 Å². The summed E-state index contributed by atoms with van der Waals surface area (Å²) in [4.78, 5) is 11.8. The maximum atomic E-state index is 11.8. The van der Waals surface area contributed by atoms with Gasteiger partial charge in [-0.05, 0) is 31.7 Å². The number of carbonyl (C=O) groups is 1. The summed E-state index contributed by atoms with van der Waals surface area (Å²) in [5.74, 6) is 0.615. The number of rotatable bonds is 8. The average Bonchev–Trinajstić information content (AvgIpc) is 2.47. The zero-order chi connectivity index (χ0) is 15.8. The topological polar surface area (TPSA) is 59.6 Å². The first kappa shape index (κ1) is 17.3. The van der Waals surface area contributed by atoms with Gasteiger partial charge in [0.2, 0.25) is 0 Å². The highest BCUT2D eigenvalue weighted by atomic mass is 35.5. The summed E-state index contributed by atoms with van der Waals surface area (Å²) < 4.78 is 10.9. The van der Waals surface area contributed by atoms with Crippen molar-refractivity contribution in [3.8, 4) is 11.5 Å². The first-order chi connectivity index (χ1) is 10.0. The molecule has 0 heterocycles. The highest BCUT2D eigenvalue weighted by Crippen LogP contribution is 2.37. The smallest absolute Gasteiger partial charge is 0.261 e.